The van der Waals surface area contributed by atoms with Crippen LogP contribution in [0.3, 0.4) is 0 Å². The number of thiazole rings is 1. The number of amides is 1. The van der Waals surface area contributed by atoms with Gasteiger partial charge in [0, 0.05) is 49.2 Å². The molecule has 1 amide bonds. The van der Waals surface area contributed by atoms with Crippen LogP contribution in [0.1, 0.15) is 21.6 Å². The highest BCUT2D eigenvalue weighted by molar-refractivity contribution is 7.13. The first-order valence-corrected chi connectivity index (χ1v) is 10.2. The van der Waals surface area contributed by atoms with Crippen LogP contribution in [-0.4, -0.2) is 46.9 Å². The van der Waals surface area contributed by atoms with Crippen LogP contribution in [0.15, 0.2) is 53.9 Å². The molecular formula is C22H22FN3OS. The number of carbonyl (C=O) groups is 1. The molecule has 0 unspecified atom stereocenters. The van der Waals surface area contributed by atoms with Gasteiger partial charge in [0.25, 0.3) is 5.91 Å². The third-order valence-electron chi connectivity index (χ3n) is 4.99. The lowest BCUT2D eigenvalue weighted by Crippen LogP contribution is -2.48. The molecule has 3 aromatic rings. The molecule has 1 aliphatic heterocycles. The van der Waals surface area contributed by atoms with Gasteiger partial charge in [-0.05, 0) is 31.2 Å². The number of aryl methyl sites for hydroxylation is 1. The van der Waals surface area contributed by atoms with Crippen molar-refractivity contribution in [2.75, 3.05) is 26.2 Å². The van der Waals surface area contributed by atoms with Crippen molar-refractivity contribution >= 4 is 17.2 Å². The Kier molecular flexibility index (Phi) is 5.50. The summed E-state index contributed by atoms with van der Waals surface area (Å²) in [5.41, 5.74) is 4.00. The molecule has 4 nitrogen and oxygen atoms in total. The van der Waals surface area contributed by atoms with Crippen molar-refractivity contribution in [3.8, 4) is 10.6 Å². The van der Waals surface area contributed by atoms with E-state index >= 15 is 0 Å². The number of hydrogen-bond donors (Lipinski definition) is 0. The van der Waals surface area contributed by atoms with Gasteiger partial charge in [-0.1, -0.05) is 29.8 Å². The Labute approximate surface area is 168 Å². The van der Waals surface area contributed by atoms with E-state index in [1.165, 1.54) is 17.7 Å². The van der Waals surface area contributed by atoms with Crippen LogP contribution < -0.4 is 0 Å². The van der Waals surface area contributed by atoms with Gasteiger partial charge in [-0.15, -0.1) is 11.3 Å². The highest BCUT2D eigenvalue weighted by atomic mass is 32.1. The summed E-state index contributed by atoms with van der Waals surface area (Å²) >= 11 is 1.67. The van der Waals surface area contributed by atoms with E-state index < -0.39 is 0 Å². The van der Waals surface area contributed by atoms with Crippen molar-refractivity contribution in [1.82, 2.24) is 14.8 Å². The molecule has 144 valence electrons. The van der Waals surface area contributed by atoms with Gasteiger partial charge in [-0.2, -0.15) is 0 Å². The molecule has 1 aromatic heterocycles. The molecule has 0 saturated carbocycles. The average Bonchev–Trinajstić information content (AvgIpc) is 3.18. The minimum absolute atomic E-state index is 0.0324. The smallest absolute Gasteiger partial charge is 0.253 e. The Morgan fingerprint density at radius 2 is 1.71 bits per heavy atom. The van der Waals surface area contributed by atoms with Gasteiger partial charge in [0.15, 0.2) is 0 Å². The number of aromatic nitrogens is 1. The molecular weight excluding hydrogens is 373 g/mol. The summed E-state index contributed by atoms with van der Waals surface area (Å²) in [6.45, 7) is 5.84. The summed E-state index contributed by atoms with van der Waals surface area (Å²) in [5, 5.41) is 3.16. The van der Waals surface area contributed by atoms with Crippen molar-refractivity contribution < 1.29 is 9.18 Å². The minimum Gasteiger partial charge on any atom is -0.336 e. The van der Waals surface area contributed by atoms with E-state index in [1.807, 2.05) is 4.90 Å². The lowest BCUT2D eigenvalue weighted by atomic mass is 10.1. The Morgan fingerprint density at radius 1 is 1.04 bits per heavy atom. The van der Waals surface area contributed by atoms with Crippen LogP contribution in [0.25, 0.3) is 10.6 Å². The molecule has 1 aliphatic rings. The van der Waals surface area contributed by atoms with E-state index in [-0.39, 0.29) is 11.7 Å². The van der Waals surface area contributed by atoms with E-state index in [2.05, 4.69) is 41.5 Å². The van der Waals surface area contributed by atoms with Crippen LogP contribution in [-0.2, 0) is 6.54 Å². The molecule has 1 fully saturated rings. The van der Waals surface area contributed by atoms with E-state index in [0.29, 0.717) is 18.7 Å². The maximum atomic E-state index is 13.0. The molecule has 2 aromatic carbocycles. The Bertz CT molecular complexity index is 945. The molecule has 6 heteroatoms. The van der Waals surface area contributed by atoms with Gasteiger partial charge in [-0.3, -0.25) is 9.69 Å². The summed E-state index contributed by atoms with van der Waals surface area (Å²) < 4.78 is 13.0. The zero-order valence-corrected chi connectivity index (χ0v) is 16.6. The van der Waals surface area contributed by atoms with Gasteiger partial charge >= 0.3 is 0 Å². The fourth-order valence-electron chi connectivity index (χ4n) is 3.32. The van der Waals surface area contributed by atoms with E-state index in [9.17, 15) is 9.18 Å². The number of nitrogens with zero attached hydrogens (tertiary/aromatic N) is 3. The van der Waals surface area contributed by atoms with E-state index in [0.717, 1.165) is 35.9 Å². The SMILES string of the molecule is Cc1ccc(-c2nc(CN3CCN(C(=O)c4ccc(F)cc4)CC3)cs2)cc1. The number of carbonyl (C=O) groups excluding carboxylic acids is 1. The number of halogens is 1. The molecule has 0 spiro atoms. The molecule has 0 radical (unpaired) electrons. The van der Waals surface area contributed by atoms with Crippen LogP contribution in [0, 0.1) is 12.7 Å². The zero-order chi connectivity index (χ0) is 19.5. The summed E-state index contributed by atoms with van der Waals surface area (Å²) in [5.74, 6) is -0.357. The first-order valence-electron chi connectivity index (χ1n) is 9.37. The zero-order valence-electron chi connectivity index (χ0n) is 15.8. The third-order valence-corrected chi connectivity index (χ3v) is 5.93. The summed E-state index contributed by atoms with van der Waals surface area (Å²) in [6, 6.07) is 14.2. The highest BCUT2D eigenvalue weighted by Gasteiger charge is 2.22. The second-order valence-electron chi connectivity index (χ2n) is 7.09. The van der Waals surface area contributed by atoms with Crippen LogP contribution in [0.4, 0.5) is 4.39 Å². The average molecular weight is 396 g/mol. The number of piperazine rings is 1. The highest BCUT2D eigenvalue weighted by Crippen LogP contribution is 2.24. The van der Waals surface area contributed by atoms with Crippen molar-refractivity contribution in [3.63, 3.8) is 0 Å². The second-order valence-corrected chi connectivity index (χ2v) is 7.94. The van der Waals surface area contributed by atoms with E-state index in [4.69, 9.17) is 4.98 Å². The molecule has 0 bridgehead atoms. The van der Waals surface area contributed by atoms with Gasteiger partial charge in [0.2, 0.25) is 0 Å². The van der Waals surface area contributed by atoms with E-state index in [1.54, 1.807) is 23.5 Å². The maximum Gasteiger partial charge on any atom is 0.253 e. The normalized spacial score (nSPS) is 15.0. The quantitative estimate of drug-likeness (QED) is 0.664. The van der Waals surface area contributed by atoms with Gasteiger partial charge in [0.05, 0.1) is 5.69 Å². The predicted octanol–water partition coefficient (Wildman–Crippen LogP) is 4.22. The summed E-state index contributed by atoms with van der Waals surface area (Å²) in [6.07, 6.45) is 0. The Hall–Kier alpha value is -2.57. The number of rotatable bonds is 4. The topological polar surface area (TPSA) is 36.4 Å². The Morgan fingerprint density at radius 3 is 2.39 bits per heavy atom. The maximum absolute atomic E-state index is 13.0. The molecule has 1 saturated heterocycles. The standard InChI is InChI=1S/C22H22FN3OS/c1-16-2-4-17(5-3-16)21-24-20(15-28-21)14-25-10-12-26(13-11-25)22(27)18-6-8-19(23)9-7-18/h2-9,15H,10-14H2,1H3. The van der Waals surface area contributed by atoms with Crippen LogP contribution in [0.2, 0.25) is 0 Å². The Balaban J connectivity index is 1.33. The first kappa shape index (κ1) is 18.8. The molecule has 0 atom stereocenters. The lowest BCUT2D eigenvalue weighted by molar-refractivity contribution is 0.0627. The largest absolute Gasteiger partial charge is 0.336 e. The van der Waals surface area contributed by atoms with Crippen LogP contribution in [0.5, 0.6) is 0 Å². The number of benzene rings is 2. The monoisotopic (exact) mass is 395 g/mol. The molecule has 0 aliphatic carbocycles. The summed E-state index contributed by atoms with van der Waals surface area (Å²) in [4.78, 5) is 21.5. The lowest BCUT2D eigenvalue weighted by Gasteiger charge is -2.34. The van der Waals surface area contributed by atoms with Crippen LogP contribution >= 0.6 is 11.3 Å². The molecule has 4 rings (SSSR count). The molecule has 0 N–H and O–H groups in total. The van der Waals surface area contributed by atoms with Crippen molar-refractivity contribution in [1.29, 1.82) is 0 Å². The predicted molar refractivity (Wildman–Crippen MR) is 110 cm³/mol. The van der Waals surface area contributed by atoms with Crippen molar-refractivity contribution in [2.24, 2.45) is 0 Å². The van der Waals surface area contributed by atoms with Gasteiger partial charge in [-0.25, -0.2) is 9.37 Å². The fraction of sp³-hybridized carbons (Fsp3) is 0.273. The van der Waals surface area contributed by atoms with Gasteiger partial charge < -0.3 is 4.90 Å². The minimum atomic E-state index is -0.324. The van der Waals surface area contributed by atoms with Crippen molar-refractivity contribution in [2.45, 2.75) is 13.5 Å². The van der Waals surface area contributed by atoms with Crippen molar-refractivity contribution in [3.05, 3.63) is 76.5 Å². The van der Waals surface area contributed by atoms with Gasteiger partial charge in [0.1, 0.15) is 10.8 Å². The fourth-order valence-corrected chi connectivity index (χ4v) is 4.14. The molecule has 2 heterocycles. The number of hydrogen-bond acceptors (Lipinski definition) is 4. The third kappa shape index (κ3) is 4.29. The summed E-state index contributed by atoms with van der Waals surface area (Å²) in [7, 11) is 0. The second kappa shape index (κ2) is 8.20. The first-order chi connectivity index (χ1) is 13.6. The molecule has 28 heavy (non-hydrogen) atoms.